The lowest BCUT2D eigenvalue weighted by Crippen LogP contribution is -2.21. The maximum Gasteiger partial charge on any atom is 0.227 e. The molecule has 2 N–H and O–H groups in total. The first-order chi connectivity index (χ1) is 9.06. The molecule has 0 aliphatic heterocycles. The van der Waals surface area contributed by atoms with Gasteiger partial charge in [-0.2, -0.15) is 4.98 Å². The summed E-state index contributed by atoms with van der Waals surface area (Å²) in [5.74, 6) is 0.871. The maximum absolute atomic E-state index is 13.1. The highest BCUT2D eigenvalue weighted by atomic mass is 19.1. The van der Waals surface area contributed by atoms with Crippen molar-refractivity contribution in [3.05, 3.63) is 41.3 Å². The van der Waals surface area contributed by atoms with Gasteiger partial charge in [0.1, 0.15) is 11.6 Å². The van der Waals surface area contributed by atoms with Crippen LogP contribution in [-0.2, 0) is 6.42 Å². The topological polar surface area (TPSA) is 71.2 Å². The van der Waals surface area contributed by atoms with Crippen LogP contribution in [-0.4, -0.2) is 21.8 Å². The van der Waals surface area contributed by atoms with Crippen molar-refractivity contribution >= 4 is 0 Å². The van der Waals surface area contributed by atoms with Crippen molar-refractivity contribution in [1.29, 1.82) is 0 Å². The number of hydrogen-bond donors (Lipinski definition) is 2. The molecular formula is C13H16FN3O2. The number of aromatic nitrogens is 2. The molecule has 0 saturated carbocycles. The lowest BCUT2D eigenvalue weighted by Gasteiger charge is -2.15. The Kier molecular flexibility index (Phi) is 4.11. The van der Waals surface area contributed by atoms with E-state index in [1.807, 2.05) is 6.92 Å². The molecule has 1 atom stereocenters. The predicted octanol–water partition coefficient (Wildman–Crippen LogP) is 2.12. The number of hydrogen-bond acceptors (Lipinski definition) is 5. The molecule has 1 unspecified atom stereocenters. The molecule has 19 heavy (non-hydrogen) atoms. The molecule has 1 aromatic carbocycles. The molecule has 0 aliphatic carbocycles. The Labute approximate surface area is 110 Å². The van der Waals surface area contributed by atoms with E-state index in [4.69, 9.17) is 4.52 Å². The highest BCUT2D eigenvalue weighted by Gasteiger charge is 2.11. The number of phenolic OH excluding ortho intramolecular Hbond substituents is 1. The number of halogens is 1. The summed E-state index contributed by atoms with van der Waals surface area (Å²) in [4.78, 5) is 4.08. The lowest BCUT2D eigenvalue weighted by atomic mass is 10.1. The van der Waals surface area contributed by atoms with Gasteiger partial charge >= 0.3 is 0 Å². The Hall–Kier alpha value is -1.95. The summed E-state index contributed by atoms with van der Waals surface area (Å²) in [6, 6.07) is 3.74. The number of aryl methyl sites for hydroxylation is 1. The normalized spacial score (nSPS) is 12.6. The number of nitrogens with zero attached hydrogens (tertiary/aromatic N) is 2. The van der Waals surface area contributed by atoms with Gasteiger partial charge in [-0.25, -0.2) is 4.39 Å². The van der Waals surface area contributed by atoms with Crippen molar-refractivity contribution in [2.24, 2.45) is 0 Å². The van der Waals surface area contributed by atoms with Crippen LogP contribution in [0.25, 0.3) is 0 Å². The zero-order valence-corrected chi connectivity index (χ0v) is 10.9. The van der Waals surface area contributed by atoms with Gasteiger partial charge in [0.2, 0.25) is 5.89 Å². The molecule has 0 aliphatic rings. The van der Waals surface area contributed by atoms with Crippen LogP contribution in [0.2, 0.25) is 0 Å². The summed E-state index contributed by atoms with van der Waals surface area (Å²) in [5, 5.41) is 16.5. The largest absolute Gasteiger partial charge is 0.508 e. The highest BCUT2D eigenvalue weighted by Crippen LogP contribution is 2.24. The monoisotopic (exact) mass is 265 g/mol. The van der Waals surface area contributed by atoms with Gasteiger partial charge in [0, 0.05) is 24.6 Å². The van der Waals surface area contributed by atoms with Gasteiger partial charge in [-0.05, 0) is 32.0 Å². The molecule has 2 aromatic rings. The van der Waals surface area contributed by atoms with Crippen molar-refractivity contribution in [2.75, 3.05) is 6.54 Å². The SMILES string of the molecule is Cc1noc(CCNC(C)c2cc(F)ccc2O)n1. The van der Waals surface area contributed by atoms with Crippen LogP contribution in [0.15, 0.2) is 22.7 Å². The van der Waals surface area contributed by atoms with E-state index in [9.17, 15) is 9.50 Å². The minimum atomic E-state index is -0.367. The standard InChI is InChI=1S/C13H16FN3O2/c1-8(11-7-10(14)3-4-12(11)18)15-6-5-13-16-9(2)17-19-13/h3-4,7-8,15,18H,5-6H2,1-2H3. The fraction of sp³-hybridized carbons (Fsp3) is 0.385. The summed E-state index contributed by atoms with van der Waals surface area (Å²) in [7, 11) is 0. The minimum Gasteiger partial charge on any atom is -0.508 e. The summed E-state index contributed by atoms with van der Waals surface area (Å²) in [5.41, 5.74) is 0.529. The zero-order chi connectivity index (χ0) is 13.8. The van der Waals surface area contributed by atoms with Gasteiger partial charge in [-0.3, -0.25) is 0 Å². The van der Waals surface area contributed by atoms with Gasteiger partial charge in [-0.15, -0.1) is 0 Å². The Bertz CT molecular complexity index is 557. The Morgan fingerprint density at radius 2 is 2.26 bits per heavy atom. The van der Waals surface area contributed by atoms with Crippen LogP contribution >= 0.6 is 0 Å². The van der Waals surface area contributed by atoms with Crippen molar-refractivity contribution in [1.82, 2.24) is 15.5 Å². The molecule has 0 bridgehead atoms. The summed E-state index contributed by atoms with van der Waals surface area (Å²) in [6.45, 7) is 4.21. The summed E-state index contributed by atoms with van der Waals surface area (Å²) in [6.07, 6.45) is 0.585. The van der Waals surface area contributed by atoms with E-state index >= 15 is 0 Å². The first-order valence-electron chi connectivity index (χ1n) is 6.07. The van der Waals surface area contributed by atoms with Gasteiger partial charge in [0.05, 0.1) is 0 Å². The van der Waals surface area contributed by atoms with E-state index in [0.717, 1.165) is 0 Å². The average Bonchev–Trinajstić information content (AvgIpc) is 2.78. The van der Waals surface area contributed by atoms with E-state index < -0.39 is 0 Å². The zero-order valence-electron chi connectivity index (χ0n) is 10.9. The van der Waals surface area contributed by atoms with Crippen LogP contribution in [0.4, 0.5) is 4.39 Å². The molecule has 102 valence electrons. The number of rotatable bonds is 5. The second-order valence-corrected chi connectivity index (χ2v) is 4.36. The summed E-state index contributed by atoms with van der Waals surface area (Å²) < 4.78 is 18.1. The van der Waals surface area contributed by atoms with Gasteiger partial charge in [0.25, 0.3) is 0 Å². The lowest BCUT2D eigenvalue weighted by molar-refractivity contribution is 0.369. The van der Waals surface area contributed by atoms with Crippen LogP contribution < -0.4 is 5.32 Å². The van der Waals surface area contributed by atoms with Gasteiger partial charge in [-0.1, -0.05) is 5.16 Å². The first-order valence-corrected chi connectivity index (χ1v) is 6.07. The Morgan fingerprint density at radius 3 is 2.95 bits per heavy atom. The van der Waals surface area contributed by atoms with Crippen molar-refractivity contribution < 1.29 is 14.0 Å². The number of aromatic hydroxyl groups is 1. The second-order valence-electron chi connectivity index (χ2n) is 4.36. The minimum absolute atomic E-state index is 0.0787. The van der Waals surface area contributed by atoms with E-state index in [2.05, 4.69) is 15.5 Å². The molecule has 2 rings (SSSR count). The highest BCUT2D eigenvalue weighted by molar-refractivity contribution is 5.34. The average molecular weight is 265 g/mol. The van der Waals surface area contributed by atoms with Crippen LogP contribution in [0.1, 0.15) is 30.2 Å². The fourth-order valence-corrected chi connectivity index (χ4v) is 1.82. The van der Waals surface area contributed by atoms with E-state index in [1.54, 1.807) is 6.92 Å². The number of nitrogens with one attached hydrogen (secondary N) is 1. The maximum atomic E-state index is 13.1. The molecule has 1 heterocycles. The summed E-state index contributed by atoms with van der Waals surface area (Å²) >= 11 is 0. The third-order valence-corrected chi connectivity index (χ3v) is 2.82. The van der Waals surface area contributed by atoms with E-state index in [0.29, 0.717) is 30.2 Å². The van der Waals surface area contributed by atoms with Crippen LogP contribution in [0, 0.1) is 12.7 Å². The van der Waals surface area contributed by atoms with Gasteiger partial charge < -0.3 is 14.9 Å². The Balaban J connectivity index is 1.90. The molecular weight excluding hydrogens is 249 g/mol. The van der Waals surface area contributed by atoms with Crippen LogP contribution in [0.5, 0.6) is 5.75 Å². The molecule has 0 radical (unpaired) electrons. The third kappa shape index (κ3) is 3.51. The molecule has 0 fully saturated rings. The molecule has 6 heteroatoms. The molecule has 0 spiro atoms. The number of benzene rings is 1. The quantitative estimate of drug-likeness (QED) is 0.866. The van der Waals surface area contributed by atoms with Crippen molar-refractivity contribution in [2.45, 2.75) is 26.3 Å². The van der Waals surface area contributed by atoms with Crippen molar-refractivity contribution in [3.8, 4) is 5.75 Å². The predicted molar refractivity (Wildman–Crippen MR) is 67.2 cm³/mol. The number of phenols is 1. The smallest absolute Gasteiger partial charge is 0.227 e. The Morgan fingerprint density at radius 1 is 1.47 bits per heavy atom. The molecule has 5 nitrogen and oxygen atoms in total. The second kappa shape index (κ2) is 5.79. The third-order valence-electron chi connectivity index (χ3n) is 2.82. The fourth-order valence-electron chi connectivity index (χ4n) is 1.82. The van der Waals surface area contributed by atoms with Gasteiger partial charge in [0.15, 0.2) is 5.82 Å². The van der Waals surface area contributed by atoms with Crippen LogP contribution in [0.3, 0.4) is 0 Å². The van der Waals surface area contributed by atoms with E-state index in [-0.39, 0.29) is 17.6 Å². The first kappa shape index (κ1) is 13.5. The van der Waals surface area contributed by atoms with E-state index in [1.165, 1.54) is 18.2 Å². The molecule has 0 saturated heterocycles. The molecule has 1 aromatic heterocycles. The van der Waals surface area contributed by atoms with Crippen molar-refractivity contribution in [3.63, 3.8) is 0 Å². The molecule has 0 amide bonds.